The first kappa shape index (κ1) is 23.6. The fourth-order valence-corrected chi connectivity index (χ4v) is 3.67. The topological polar surface area (TPSA) is 125 Å². The number of carboxylic acid groups (broad SMARTS) is 1. The highest BCUT2D eigenvalue weighted by molar-refractivity contribution is 8.00. The highest BCUT2D eigenvalue weighted by atomic mass is 32.2. The van der Waals surface area contributed by atoms with Crippen LogP contribution in [0.25, 0.3) is 0 Å². The molecule has 8 nitrogen and oxygen atoms in total. The number of carboxylic acids is 1. The number of hydrogen-bond donors (Lipinski definition) is 4. The third-order valence-corrected chi connectivity index (χ3v) is 5.35. The monoisotopic (exact) mass is 463 g/mol. The number of thioether (sulfide) groups is 1. The zero-order valence-electron chi connectivity index (χ0n) is 17.6. The smallest absolute Gasteiger partial charge is 0.336 e. The van der Waals surface area contributed by atoms with Gasteiger partial charge in [-0.25, -0.2) is 4.79 Å². The van der Waals surface area contributed by atoms with Gasteiger partial charge in [0.2, 0.25) is 11.8 Å². The molecule has 0 fully saturated rings. The first-order valence-electron chi connectivity index (χ1n) is 9.86. The molecule has 3 aromatic rings. The molecule has 0 aliphatic heterocycles. The van der Waals surface area contributed by atoms with Crippen LogP contribution < -0.4 is 16.0 Å². The van der Waals surface area contributed by atoms with E-state index in [1.54, 1.807) is 60.7 Å². The second-order valence-corrected chi connectivity index (χ2v) is 7.98. The molecule has 0 aromatic heterocycles. The fraction of sp³-hybridized carbons (Fsp3) is 0.0833. The van der Waals surface area contributed by atoms with E-state index in [1.165, 1.54) is 30.8 Å². The van der Waals surface area contributed by atoms with Gasteiger partial charge in [0.05, 0.1) is 16.9 Å². The molecule has 0 unspecified atom stereocenters. The summed E-state index contributed by atoms with van der Waals surface area (Å²) in [5.74, 6) is -1.95. The predicted octanol–water partition coefficient (Wildman–Crippen LogP) is 4.33. The summed E-state index contributed by atoms with van der Waals surface area (Å²) in [5.41, 5.74) is 1.71. The number of rotatable bonds is 8. The Bertz CT molecular complexity index is 1190. The second-order valence-electron chi connectivity index (χ2n) is 6.93. The van der Waals surface area contributed by atoms with Crippen molar-refractivity contribution >= 4 is 52.5 Å². The number of aromatic carboxylic acids is 1. The third-order valence-electron chi connectivity index (χ3n) is 4.35. The fourth-order valence-electron chi connectivity index (χ4n) is 2.92. The predicted molar refractivity (Wildman–Crippen MR) is 128 cm³/mol. The van der Waals surface area contributed by atoms with E-state index < -0.39 is 11.9 Å². The van der Waals surface area contributed by atoms with Gasteiger partial charge in [-0.3, -0.25) is 14.4 Å². The van der Waals surface area contributed by atoms with E-state index in [9.17, 15) is 24.3 Å². The van der Waals surface area contributed by atoms with Crippen LogP contribution in [0.1, 0.15) is 27.6 Å². The Balaban J connectivity index is 1.57. The first-order chi connectivity index (χ1) is 15.8. The molecule has 4 N–H and O–H groups in total. The lowest BCUT2D eigenvalue weighted by Gasteiger charge is -2.10. The van der Waals surface area contributed by atoms with Crippen molar-refractivity contribution in [3.8, 4) is 0 Å². The van der Waals surface area contributed by atoms with Crippen LogP contribution in [0.5, 0.6) is 0 Å². The quantitative estimate of drug-likeness (QED) is 0.369. The van der Waals surface area contributed by atoms with Crippen LogP contribution in [0, 0.1) is 0 Å². The minimum atomic E-state index is -1.18. The molecular formula is C24H21N3O5S. The Morgan fingerprint density at radius 1 is 0.758 bits per heavy atom. The number of amides is 3. The van der Waals surface area contributed by atoms with Crippen LogP contribution in [0.15, 0.2) is 77.7 Å². The average Bonchev–Trinajstić information content (AvgIpc) is 2.79. The maximum atomic E-state index is 12.5. The zero-order valence-corrected chi connectivity index (χ0v) is 18.4. The van der Waals surface area contributed by atoms with Crippen LogP contribution in [0.3, 0.4) is 0 Å². The van der Waals surface area contributed by atoms with E-state index in [0.717, 1.165) is 4.90 Å². The van der Waals surface area contributed by atoms with Crippen LogP contribution in [-0.4, -0.2) is 34.6 Å². The maximum absolute atomic E-state index is 12.5. The third kappa shape index (κ3) is 6.94. The number of carbonyl (C=O) groups excluding carboxylic acids is 3. The van der Waals surface area contributed by atoms with Gasteiger partial charge in [-0.05, 0) is 54.6 Å². The molecule has 0 aliphatic carbocycles. The highest BCUT2D eigenvalue weighted by Gasteiger charge is 2.16. The standard InChI is InChI=1S/C24H21N3O5S/c1-15(28)25-16-9-11-17(12-10-16)26-22(29)14-33-19-6-4-5-18(13-19)27-23(30)20-7-2-3-8-21(20)24(31)32/h2-13H,14H2,1H3,(H,25,28)(H,26,29)(H,27,30)(H,31,32). The van der Waals surface area contributed by atoms with E-state index in [4.69, 9.17) is 0 Å². The number of carbonyl (C=O) groups is 4. The van der Waals surface area contributed by atoms with Crippen LogP contribution in [0.2, 0.25) is 0 Å². The van der Waals surface area contributed by atoms with E-state index in [1.807, 2.05) is 0 Å². The molecule has 0 aliphatic rings. The van der Waals surface area contributed by atoms with Gasteiger partial charge >= 0.3 is 5.97 Å². The molecular weight excluding hydrogens is 442 g/mol. The summed E-state index contributed by atoms with van der Waals surface area (Å²) in [6.07, 6.45) is 0. The van der Waals surface area contributed by atoms with Crippen LogP contribution >= 0.6 is 11.8 Å². The molecule has 0 saturated carbocycles. The lowest BCUT2D eigenvalue weighted by Crippen LogP contribution is -2.16. The van der Waals surface area contributed by atoms with Gasteiger partial charge in [0.25, 0.3) is 5.91 Å². The number of hydrogen-bond acceptors (Lipinski definition) is 5. The Labute approximate surface area is 194 Å². The van der Waals surface area contributed by atoms with Gasteiger partial charge < -0.3 is 21.1 Å². The van der Waals surface area contributed by atoms with Crippen LogP contribution in [0.4, 0.5) is 17.1 Å². The van der Waals surface area contributed by atoms with E-state index in [-0.39, 0.29) is 28.7 Å². The second kappa shape index (κ2) is 11.0. The summed E-state index contributed by atoms with van der Waals surface area (Å²) < 4.78 is 0. The summed E-state index contributed by atoms with van der Waals surface area (Å²) in [6, 6.07) is 19.7. The van der Waals surface area contributed by atoms with Crippen molar-refractivity contribution in [1.82, 2.24) is 0 Å². The van der Waals surface area contributed by atoms with E-state index in [0.29, 0.717) is 17.1 Å². The molecule has 168 valence electrons. The Morgan fingerprint density at radius 2 is 1.39 bits per heavy atom. The molecule has 0 radical (unpaired) electrons. The molecule has 33 heavy (non-hydrogen) atoms. The van der Waals surface area contributed by atoms with E-state index >= 15 is 0 Å². The number of anilines is 3. The average molecular weight is 464 g/mol. The normalized spacial score (nSPS) is 10.2. The van der Waals surface area contributed by atoms with Gasteiger partial charge in [0.15, 0.2) is 0 Å². The van der Waals surface area contributed by atoms with Crippen molar-refractivity contribution in [3.63, 3.8) is 0 Å². The molecule has 3 rings (SSSR count). The highest BCUT2D eigenvalue weighted by Crippen LogP contribution is 2.23. The minimum Gasteiger partial charge on any atom is -0.478 e. The van der Waals surface area contributed by atoms with Crippen molar-refractivity contribution in [2.45, 2.75) is 11.8 Å². The van der Waals surface area contributed by atoms with E-state index in [2.05, 4.69) is 16.0 Å². The molecule has 0 bridgehead atoms. The lowest BCUT2D eigenvalue weighted by molar-refractivity contribution is -0.114. The summed E-state index contributed by atoms with van der Waals surface area (Å²) in [7, 11) is 0. The van der Waals surface area contributed by atoms with Crippen molar-refractivity contribution in [3.05, 3.63) is 83.9 Å². The Morgan fingerprint density at radius 3 is 2.03 bits per heavy atom. The minimum absolute atomic E-state index is 0.0620. The van der Waals surface area contributed by atoms with Crippen LogP contribution in [-0.2, 0) is 9.59 Å². The molecule has 0 atom stereocenters. The van der Waals surface area contributed by atoms with Crippen molar-refractivity contribution in [2.24, 2.45) is 0 Å². The summed E-state index contributed by atoms with van der Waals surface area (Å²) in [5, 5.41) is 17.4. The van der Waals surface area contributed by atoms with Gasteiger partial charge in [-0.2, -0.15) is 0 Å². The Hall–Kier alpha value is -4.11. The number of nitrogens with one attached hydrogen (secondary N) is 3. The molecule has 9 heteroatoms. The molecule has 0 spiro atoms. The van der Waals surface area contributed by atoms with Gasteiger partial charge in [-0.15, -0.1) is 11.8 Å². The zero-order chi connectivity index (χ0) is 23.8. The van der Waals surface area contributed by atoms with Gasteiger partial charge in [0.1, 0.15) is 0 Å². The Kier molecular flexibility index (Phi) is 7.82. The summed E-state index contributed by atoms with van der Waals surface area (Å²) >= 11 is 1.29. The van der Waals surface area contributed by atoms with Crippen molar-refractivity contribution < 1.29 is 24.3 Å². The van der Waals surface area contributed by atoms with Crippen molar-refractivity contribution in [2.75, 3.05) is 21.7 Å². The van der Waals surface area contributed by atoms with Gasteiger partial charge in [0, 0.05) is 28.9 Å². The van der Waals surface area contributed by atoms with Crippen molar-refractivity contribution in [1.29, 1.82) is 0 Å². The molecule has 0 heterocycles. The van der Waals surface area contributed by atoms with Gasteiger partial charge in [-0.1, -0.05) is 18.2 Å². The SMILES string of the molecule is CC(=O)Nc1ccc(NC(=O)CSc2cccc(NC(=O)c3ccccc3C(=O)O)c2)cc1. The largest absolute Gasteiger partial charge is 0.478 e. The molecule has 3 amide bonds. The molecule has 3 aromatic carbocycles. The summed E-state index contributed by atoms with van der Waals surface area (Å²) in [4.78, 5) is 48.0. The summed E-state index contributed by atoms with van der Waals surface area (Å²) in [6.45, 7) is 1.42. The molecule has 0 saturated heterocycles. The first-order valence-corrected chi connectivity index (χ1v) is 10.8. The number of benzene rings is 3. The maximum Gasteiger partial charge on any atom is 0.336 e. The lowest BCUT2D eigenvalue weighted by atomic mass is 10.1.